The van der Waals surface area contributed by atoms with Gasteiger partial charge in [-0.15, -0.1) is 0 Å². The lowest BCUT2D eigenvalue weighted by atomic mass is 10.0. The molecule has 0 amide bonds. The summed E-state index contributed by atoms with van der Waals surface area (Å²) in [6.45, 7) is 5.88. The SMILES string of the molecule is CC[N+]1(C)Cc2cc3ccccc3cc2C1.[I-]. The molecule has 1 aliphatic rings. The first-order valence-electron chi connectivity index (χ1n) is 6.04. The minimum Gasteiger partial charge on any atom is -1.00 e. The third-order valence-corrected chi connectivity index (χ3v) is 3.94. The summed E-state index contributed by atoms with van der Waals surface area (Å²) < 4.78 is 1.16. The lowest BCUT2D eigenvalue weighted by Gasteiger charge is -2.27. The van der Waals surface area contributed by atoms with E-state index < -0.39 is 0 Å². The van der Waals surface area contributed by atoms with Crippen molar-refractivity contribution >= 4 is 10.8 Å². The Labute approximate surface area is 120 Å². The molecule has 1 heterocycles. The number of fused-ring (bicyclic) bond motifs is 2. The van der Waals surface area contributed by atoms with Crippen molar-refractivity contribution in [2.24, 2.45) is 0 Å². The van der Waals surface area contributed by atoms with E-state index in [1.54, 1.807) is 11.1 Å². The van der Waals surface area contributed by atoms with Crippen molar-refractivity contribution < 1.29 is 28.5 Å². The number of nitrogens with zero attached hydrogens (tertiary/aromatic N) is 1. The van der Waals surface area contributed by atoms with Gasteiger partial charge in [-0.25, -0.2) is 0 Å². The quantitative estimate of drug-likeness (QED) is 0.519. The largest absolute Gasteiger partial charge is 1.00 e. The number of rotatable bonds is 1. The fraction of sp³-hybridized carbons (Fsp3) is 0.333. The van der Waals surface area contributed by atoms with Crippen molar-refractivity contribution in [2.75, 3.05) is 13.6 Å². The van der Waals surface area contributed by atoms with Gasteiger partial charge in [-0.1, -0.05) is 24.3 Å². The molecule has 0 N–H and O–H groups in total. The second kappa shape index (κ2) is 4.58. The first-order valence-corrected chi connectivity index (χ1v) is 6.04. The first kappa shape index (κ1) is 12.8. The average molecular weight is 339 g/mol. The van der Waals surface area contributed by atoms with Gasteiger partial charge in [0.05, 0.1) is 13.6 Å². The predicted molar refractivity (Wildman–Crippen MR) is 68.1 cm³/mol. The van der Waals surface area contributed by atoms with E-state index in [1.807, 2.05) is 0 Å². The molecule has 90 valence electrons. The predicted octanol–water partition coefficient (Wildman–Crippen LogP) is 0.324. The molecule has 0 radical (unpaired) electrons. The van der Waals surface area contributed by atoms with Crippen LogP contribution in [0.2, 0.25) is 0 Å². The van der Waals surface area contributed by atoms with Gasteiger partial charge >= 0.3 is 0 Å². The molecule has 2 aromatic rings. The second-order valence-corrected chi connectivity index (χ2v) is 5.22. The zero-order valence-corrected chi connectivity index (χ0v) is 12.6. The molecule has 0 atom stereocenters. The Morgan fingerprint density at radius 2 is 1.47 bits per heavy atom. The van der Waals surface area contributed by atoms with Crippen LogP contribution in [0.3, 0.4) is 0 Å². The molecule has 0 unspecified atom stereocenters. The molecular formula is C15H18IN. The van der Waals surface area contributed by atoms with E-state index in [0.717, 1.165) is 4.48 Å². The van der Waals surface area contributed by atoms with Crippen molar-refractivity contribution in [1.82, 2.24) is 0 Å². The molecule has 0 aliphatic carbocycles. The van der Waals surface area contributed by atoms with Crippen LogP contribution in [0.25, 0.3) is 10.8 Å². The van der Waals surface area contributed by atoms with E-state index in [4.69, 9.17) is 0 Å². The van der Waals surface area contributed by atoms with Crippen LogP contribution in [-0.4, -0.2) is 18.1 Å². The standard InChI is InChI=1S/C15H18N.HI/c1-3-16(2)10-14-8-12-6-4-5-7-13(12)9-15(14)11-16;/h4-9H,3,10-11H2,1-2H3;1H/q+1;/p-1. The van der Waals surface area contributed by atoms with E-state index in [-0.39, 0.29) is 24.0 Å². The molecule has 0 spiro atoms. The molecule has 0 aromatic heterocycles. The third kappa shape index (κ3) is 2.20. The van der Waals surface area contributed by atoms with Crippen LogP contribution in [0.4, 0.5) is 0 Å². The number of halogens is 1. The smallest absolute Gasteiger partial charge is 0.105 e. The second-order valence-electron chi connectivity index (χ2n) is 5.22. The lowest BCUT2D eigenvalue weighted by molar-refractivity contribution is -0.927. The van der Waals surface area contributed by atoms with E-state index in [1.165, 1.54) is 30.4 Å². The molecule has 3 rings (SSSR count). The summed E-state index contributed by atoms with van der Waals surface area (Å²) in [5.41, 5.74) is 3.09. The maximum atomic E-state index is 2.38. The highest BCUT2D eigenvalue weighted by molar-refractivity contribution is 5.84. The molecule has 17 heavy (non-hydrogen) atoms. The summed E-state index contributed by atoms with van der Waals surface area (Å²) in [6.07, 6.45) is 0. The molecule has 0 fully saturated rings. The van der Waals surface area contributed by atoms with Crippen LogP contribution < -0.4 is 24.0 Å². The number of hydrogen-bond acceptors (Lipinski definition) is 0. The molecule has 1 nitrogen and oxygen atoms in total. The van der Waals surface area contributed by atoms with Crippen molar-refractivity contribution in [1.29, 1.82) is 0 Å². The van der Waals surface area contributed by atoms with Gasteiger partial charge in [-0.2, -0.15) is 0 Å². The van der Waals surface area contributed by atoms with Crippen LogP contribution in [-0.2, 0) is 13.1 Å². The van der Waals surface area contributed by atoms with Crippen molar-refractivity contribution in [3.8, 4) is 0 Å². The molecule has 2 heteroatoms. The van der Waals surface area contributed by atoms with Crippen LogP contribution >= 0.6 is 0 Å². The van der Waals surface area contributed by atoms with Gasteiger partial charge in [0.1, 0.15) is 13.1 Å². The minimum atomic E-state index is 0. The van der Waals surface area contributed by atoms with Crippen LogP contribution in [0.5, 0.6) is 0 Å². The Bertz CT molecular complexity index is 503. The maximum Gasteiger partial charge on any atom is 0.105 e. The van der Waals surface area contributed by atoms with Crippen molar-refractivity contribution in [3.63, 3.8) is 0 Å². The van der Waals surface area contributed by atoms with Crippen LogP contribution in [0.1, 0.15) is 18.1 Å². The number of hydrogen-bond donors (Lipinski definition) is 0. The highest BCUT2D eigenvalue weighted by Gasteiger charge is 2.30. The van der Waals surface area contributed by atoms with Gasteiger partial charge in [0.15, 0.2) is 0 Å². The molecule has 2 aromatic carbocycles. The summed E-state index contributed by atoms with van der Waals surface area (Å²) in [5, 5.41) is 2.76. The molecule has 0 saturated carbocycles. The average Bonchev–Trinajstić information content (AvgIpc) is 2.62. The monoisotopic (exact) mass is 339 g/mol. The maximum absolute atomic E-state index is 2.38. The summed E-state index contributed by atoms with van der Waals surface area (Å²) in [4.78, 5) is 0. The van der Waals surface area contributed by atoms with E-state index in [0.29, 0.717) is 0 Å². The van der Waals surface area contributed by atoms with Crippen molar-refractivity contribution in [3.05, 3.63) is 47.5 Å². The fourth-order valence-corrected chi connectivity index (χ4v) is 2.73. The van der Waals surface area contributed by atoms with Gasteiger partial charge in [0.25, 0.3) is 0 Å². The summed E-state index contributed by atoms with van der Waals surface area (Å²) in [6, 6.07) is 13.4. The van der Waals surface area contributed by atoms with Crippen LogP contribution in [0, 0.1) is 0 Å². The highest BCUT2D eigenvalue weighted by Crippen LogP contribution is 2.31. The van der Waals surface area contributed by atoms with Gasteiger partial charge < -0.3 is 28.5 Å². The Morgan fingerprint density at radius 3 is 1.88 bits per heavy atom. The molecule has 0 saturated heterocycles. The highest BCUT2D eigenvalue weighted by atomic mass is 127. The van der Waals surface area contributed by atoms with Gasteiger partial charge in [-0.3, -0.25) is 0 Å². The normalized spacial score (nSPS) is 16.6. The first-order chi connectivity index (χ1) is 7.70. The van der Waals surface area contributed by atoms with E-state index in [2.05, 4.69) is 50.4 Å². The van der Waals surface area contributed by atoms with Gasteiger partial charge in [-0.05, 0) is 29.8 Å². The summed E-state index contributed by atoms with van der Waals surface area (Å²) in [5.74, 6) is 0. The topological polar surface area (TPSA) is 0 Å². The molecule has 0 bridgehead atoms. The van der Waals surface area contributed by atoms with E-state index in [9.17, 15) is 0 Å². The van der Waals surface area contributed by atoms with Crippen LogP contribution in [0.15, 0.2) is 36.4 Å². The van der Waals surface area contributed by atoms with Gasteiger partial charge in [0.2, 0.25) is 0 Å². The lowest BCUT2D eigenvalue weighted by Crippen LogP contribution is -3.00. The Morgan fingerprint density at radius 1 is 1.00 bits per heavy atom. The van der Waals surface area contributed by atoms with Gasteiger partial charge in [0, 0.05) is 11.1 Å². The zero-order chi connectivity index (χ0) is 11.2. The van der Waals surface area contributed by atoms with E-state index >= 15 is 0 Å². The third-order valence-electron chi connectivity index (χ3n) is 3.94. The van der Waals surface area contributed by atoms with Crippen molar-refractivity contribution in [2.45, 2.75) is 20.0 Å². The molecule has 1 aliphatic heterocycles. The Hall–Kier alpha value is -0.610. The molecular weight excluding hydrogens is 321 g/mol. The summed E-state index contributed by atoms with van der Waals surface area (Å²) >= 11 is 0. The fourth-order valence-electron chi connectivity index (χ4n) is 2.73. The number of quaternary nitrogens is 1. The zero-order valence-electron chi connectivity index (χ0n) is 10.4. The Kier molecular flexibility index (Phi) is 3.46. The number of benzene rings is 2. The Balaban J connectivity index is 0.00000108. The minimum absolute atomic E-state index is 0. The summed E-state index contributed by atoms with van der Waals surface area (Å²) in [7, 11) is 2.35.